The molecule has 8 heteroatoms. The van der Waals surface area contributed by atoms with Crippen molar-refractivity contribution in [3.8, 4) is 0 Å². The molecule has 1 aromatic carbocycles. The smallest absolute Gasteiger partial charge is 0.267 e. The Labute approximate surface area is 175 Å². The molecular formula is C22H24N4O3S. The SMILES string of the molecule is O=c1cc2c(nn1CC1CCCN1S(=O)(=O)c1cccc3cccnc13)CCCC2. The summed E-state index contributed by atoms with van der Waals surface area (Å²) >= 11 is 0. The average Bonchev–Trinajstić information content (AvgIpc) is 3.23. The maximum absolute atomic E-state index is 13.5. The van der Waals surface area contributed by atoms with Crippen molar-refractivity contribution in [2.24, 2.45) is 0 Å². The largest absolute Gasteiger partial charge is 0.268 e. The molecule has 1 aliphatic heterocycles. The molecular weight excluding hydrogens is 400 g/mol. The molecule has 0 amide bonds. The van der Waals surface area contributed by atoms with Gasteiger partial charge in [0.15, 0.2) is 0 Å². The number of pyridine rings is 1. The fourth-order valence-electron chi connectivity index (χ4n) is 4.65. The Balaban J connectivity index is 1.49. The van der Waals surface area contributed by atoms with Gasteiger partial charge in [-0.1, -0.05) is 18.2 Å². The second-order valence-electron chi connectivity index (χ2n) is 8.09. The molecule has 2 aliphatic rings. The van der Waals surface area contributed by atoms with Crippen molar-refractivity contribution < 1.29 is 8.42 Å². The van der Waals surface area contributed by atoms with Gasteiger partial charge in [0.1, 0.15) is 4.90 Å². The molecule has 1 saturated heterocycles. The summed E-state index contributed by atoms with van der Waals surface area (Å²) in [6.07, 6.45) is 7.03. The van der Waals surface area contributed by atoms with Crippen LogP contribution in [0.4, 0.5) is 0 Å². The van der Waals surface area contributed by atoms with Crippen LogP contribution in [0.2, 0.25) is 0 Å². The third-order valence-corrected chi connectivity index (χ3v) is 8.15. The Hall–Kier alpha value is -2.58. The van der Waals surface area contributed by atoms with Gasteiger partial charge in [-0.3, -0.25) is 9.78 Å². The molecule has 1 fully saturated rings. The van der Waals surface area contributed by atoms with Crippen molar-refractivity contribution >= 4 is 20.9 Å². The van der Waals surface area contributed by atoms with Crippen molar-refractivity contribution in [1.82, 2.24) is 19.1 Å². The monoisotopic (exact) mass is 424 g/mol. The summed E-state index contributed by atoms with van der Waals surface area (Å²) in [5, 5.41) is 5.38. The van der Waals surface area contributed by atoms with E-state index >= 15 is 0 Å². The predicted molar refractivity (Wildman–Crippen MR) is 114 cm³/mol. The van der Waals surface area contributed by atoms with Crippen LogP contribution in [-0.4, -0.2) is 40.1 Å². The zero-order chi connectivity index (χ0) is 20.7. The van der Waals surface area contributed by atoms with Gasteiger partial charge in [0.2, 0.25) is 10.0 Å². The highest BCUT2D eigenvalue weighted by Gasteiger charge is 2.37. The molecule has 30 heavy (non-hydrogen) atoms. The number of hydrogen-bond acceptors (Lipinski definition) is 5. The van der Waals surface area contributed by atoms with Crippen molar-refractivity contribution in [1.29, 1.82) is 0 Å². The molecule has 5 rings (SSSR count). The number of rotatable bonds is 4. The van der Waals surface area contributed by atoms with Gasteiger partial charge in [-0.05, 0) is 56.2 Å². The minimum atomic E-state index is -3.74. The molecule has 0 N–H and O–H groups in total. The molecule has 3 heterocycles. The number of sulfonamides is 1. The van der Waals surface area contributed by atoms with E-state index in [0.29, 0.717) is 18.5 Å². The Kier molecular flexibility index (Phi) is 4.91. The van der Waals surface area contributed by atoms with Crippen molar-refractivity contribution in [3.63, 3.8) is 0 Å². The van der Waals surface area contributed by atoms with Crippen LogP contribution in [0.3, 0.4) is 0 Å². The number of hydrogen-bond donors (Lipinski definition) is 0. The van der Waals surface area contributed by atoms with E-state index in [1.165, 1.54) is 8.99 Å². The lowest BCUT2D eigenvalue weighted by molar-refractivity contribution is 0.333. The maximum Gasteiger partial charge on any atom is 0.267 e. The highest BCUT2D eigenvalue weighted by molar-refractivity contribution is 7.89. The first-order valence-electron chi connectivity index (χ1n) is 10.5. The molecule has 2 aromatic heterocycles. The third-order valence-electron chi connectivity index (χ3n) is 6.16. The Morgan fingerprint density at radius 1 is 1.07 bits per heavy atom. The lowest BCUT2D eigenvalue weighted by atomic mass is 9.97. The van der Waals surface area contributed by atoms with Gasteiger partial charge >= 0.3 is 0 Å². The Morgan fingerprint density at radius 3 is 2.80 bits per heavy atom. The number of aryl methyl sites for hydroxylation is 2. The van der Waals surface area contributed by atoms with Crippen LogP contribution in [0, 0.1) is 0 Å². The molecule has 0 bridgehead atoms. The summed E-state index contributed by atoms with van der Waals surface area (Å²) in [6, 6.07) is 10.3. The molecule has 1 unspecified atom stereocenters. The predicted octanol–water partition coefficient (Wildman–Crippen LogP) is 2.52. The normalized spacial score (nSPS) is 19.8. The summed E-state index contributed by atoms with van der Waals surface area (Å²) in [4.78, 5) is 17.1. The lowest BCUT2D eigenvalue weighted by Gasteiger charge is -2.25. The summed E-state index contributed by atoms with van der Waals surface area (Å²) in [5.74, 6) is 0. The van der Waals surface area contributed by atoms with Crippen LogP contribution in [-0.2, 0) is 29.4 Å². The van der Waals surface area contributed by atoms with Gasteiger partial charge in [0.25, 0.3) is 5.56 Å². The highest BCUT2D eigenvalue weighted by Crippen LogP contribution is 2.30. The van der Waals surface area contributed by atoms with Gasteiger partial charge in [-0.15, -0.1) is 0 Å². The number of aromatic nitrogens is 3. The van der Waals surface area contributed by atoms with E-state index in [4.69, 9.17) is 0 Å². The zero-order valence-electron chi connectivity index (χ0n) is 16.7. The average molecular weight is 425 g/mol. The van der Waals surface area contributed by atoms with E-state index in [1.54, 1.807) is 30.5 Å². The molecule has 0 spiro atoms. The van der Waals surface area contributed by atoms with Crippen LogP contribution in [0.5, 0.6) is 0 Å². The molecule has 1 atom stereocenters. The molecule has 0 saturated carbocycles. The molecule has 0 radical (unpaired) electrons. The number of nitrogens with zero attached hydrogens (tertiary/aromatic N) is 4. The van der Waals surface area contributed by atoms with Gasteiger partial charge in [0, 0.05) is 30.2 Å². The van der Waals surface area contributed by atoms with Crippen LogP contribution in [0.25, 0.3) is 10.9 Å². The fourth-order valence-corrected chi connectivity index (χ4v) is 6.50. The van der Waals surface area contributed by atoms with E-state index in [1.807, 2.05) is 12.1 Å². The maximum atomic E-state index is 13.5. The summed E-state index contributed by atoms with van der Waals surface area (Å²) in [7, 11) is -3.74. The summed E-state index contributed by atoms with van der Waals surface area (Å²) < 4.78 is 30.1. The van der Waals surface area contributed by atoms with Gasteiger partial charge in [0.05, 0.1) is 17.8 Å². The highest BCUT2D eigenvalue weighted by atomic mass is 32.2. The first-order chi connectivity index (χ1) is 14.5. The van der Waals surface area contributed by atoms with E-state index in [2.05, 4.69) is 10.1 Å². The van der Waals surface area contributed by atoms with E-state index in [-0.39, 0.29) is 23.0 Å². The molecule has 1 aliphatic carbocycles. The standard InChI is InChI=1S/C22H24N4O3S/c27-21-14-17-6-1-2-10-19(17)24-25(21)15-18-9-5-13-26(18)30(28,29)20-11-3-7-16-8-4-12-23-22(16)20/h3-4,7-8,11-12,14,18H,1-2,5-6,9-10,13,15H2. The van der Waals surface area contributed by atoms with Crippen molar-refractivity contribution in [2.75, 3.05) is 6.54 Å². The Bertz CT molecular complexity index is 1260. The van der Waals surface area contributed by atoms with Crippen LogP contribution in [0.15, 0.2) is 52.3 Å². The van der Waals surface area contributed by atoms with Crippen LogP contribution >= 0.6 is 0 Å². The first kappa shape index (κ1) is 19.4. The van der Waals surface area contributed by atoms with Crippen molar-refractivity contribution in [3.05, 3.63) is 64.2 Å². The summed E-state index contributed by atoms with van der Waals surface area (Å²) in [6.45, 7) is 0.722. The van der Waals surface area contributed by atoms with E-state index < -0.39 is 10.0 Å². The molecule has 156 valence electrons. The molecule has 7 nitrogen and oxygen atoms in total. The van der Waals surface area contributed by atoms with Crippen LogP contribution in [0.1, 0.15) is 36.9 Å². The van der Waals surface area contributed by atoms with Gasteiger partial charge < -0.3 is 0 Å². The summed E-state index contributed by atoms with van der Waals surface area (Å²) in [5.41, 5.74) is 2.35. The number of benzene rings is 1. The minimum absolute atomic E-state index is 0.147. The van der Waals surface area contributed by atoms with Crippen molar-refractivity contribution in [2.45, 2.75) is 56.0 Å². The second kappa shape index (κ2) is 7.59. The first-order valence-corrected chi connectivity index (χ1v) is 11.9. The lowest BCUT2D eigenvalue weighted by Crippen LogP contribution is -2.41. The van der Waals surface area contributed by atoms with Crippen LogP contribution < -0.4 is 5.56 Å². The zero-order valence-corrected chi connectivity index (χ0v) is 17.5. The molecule has 3 aromatic rings. The number of fused-ring (bicyclic) bond motifs is 2. The fraction of sp³-hybridized carbons (Fsp3) is 0.409. The third kappa shape index (κ3) is 3.33. The van der Waals surface area contributed by atoms with Gasteiger partial charge in [-0.25, -0.2) is 13.1 Å². The van der Waals surface area contributed by atoms with E-state index in [0.717, 1.165) is 48.7 Å². The van der Waals surface area contributed by atoms with E-state index in [9.17, 15) is 13.2 Å². The Morgan fingerprint density at radius 2 is 1.90 bits per heavy atom. The van der Waals surface area contributed by atoms with Gasteiger partial charge in [-0.2, -0.15) is 9.40 Å². The topological polar surface area (TPSA) is 85.2 Å². The number of para-hydroxylation sites is 1. The minimum Gasteiger partial charge on any atom is -0.268 e. The quantitative estimate of drug-likeness (QED) is 0.643. The second-order valence-corrected chi connectivity index (χ2v) is 9.95.